The molecule has 0 radical (unpaired) electrons. The molecule has 1 rings (SSSR count). The minimum Gasteiger partial charge on any atom is -0.377 e. The van der Waals surface area contributed by atoms with E-state index in [1.54, 1.807) is 0 Å². The Labute approximate surface area is 129 Å². The van der Waals surface area contributed by atoms with Crippen LogP contribution in [0.2, 0.25) is 0 Å². The first kappa shape index (κ1) is 19.7. The van der Waals surface area contributed by atoms with E-state index in [1.165, 1.54) is 0 Å². The smallest absolute Gasteiger partial charge is 0.222 e. The minimum atomic E-state index is 0. The van der Waals surface area contributed by atoms with Crippen molar-refractivity contribution in [2.75, 3.05) is 26.3 Å². The van der Waals surface area contributed by atoms with Crippen LogP contribution in [-0.4, -0.2) is 43.2 Å². The van der Waals surface area contributed by atoms with E-state index >= 15 is 0 Å². The molecule has 0 aromatic heterocycles. The van der Waals surface area contributed by atoms with Crippen LogP contribution in [0.4, 0.5) is 0 Å². The molecule has 0 bridgehead atoms. The van der Waals surface area contributed by atoms with Gasteiger partial charge < -0.3 is 15.4 Å². The van der Waals surface area contributed by atoms with E-state index in [-0.39, 0.29) is 18.4 Å². The largest absolute Gasteiger partial charge is 0.377 e. The Hall–Kier alpha value is -0.320. The van der Waals surface area contributed by atoms with Gasteiger partial charge in [0, 0.05) is 13.0 Å². The van der Waals surface area contributed by atoms with Gasteiger partial charge in [0.2, 0.25) is 5.91 Å². The highest BCUT2D eigenvalue weighted by Gasteiger charge is 2.27. The van der Waals surface area contributed by atoms with Crippen molar-refractivity contribution >= 4 is 18.3 Å². The molecule has 1 aliphatic heterocycles. The number of hydrogen-bond acceptors (Lipinski definition) is 3. The van der Waals surface area contributed by atoms with E-state index in [4.69, 9.17) is 10.5 Å². The molecule has 1 fully saturated rings. The summed E-state index contributed by atoms with van der Waals surface area (Å²) < 4.78 is 5.51. The van der Waals surface area contributed by atoms with Gasteiger partial charge in [-0.3, -0.25) is 4.79 Å². The SMILES string of the molecule is CC(C)CC1COCCN1C(=O)CCCCCCN.Cl. The van der Waals surface area contributed by atoms with Gasteiger partial charge in [-0.05, 0) is 31.7 Å². The second-order valence-electron chi connectivity index (χ2n) is 5.90. The summed E-state index contributed by atoms with van der Waals surface area (Å²) in [6, 6.07) is 0.283. The lowest BCUT2D eigenvalue weighted by Crippen LogP contribution is -2.49. The molecule has 0 spiro atoms. The molecule has 5 heteroatoms. The fourth-order valence-corrected chi connectivity index (χ4v) is 2.64. The molecule has 0 saturated carbocycles. The van der Waals surface area contributed by atoms with Crippen LogP contribution in [0.5, 0.6) is 0 Å². The van der Waals surface area contributed by atoms with Crippen LogP contribution < -0.4 is 5.73 Å². The zero-order chi connectivity index (χ0) is 14.1. The lowest BCUT2D eigenvalue weighted by molar-refractivity contribution is -0.140. The number of hydrogen-bond donors (Lipinski definition) is 1. The van der Waals surface area contributed by atoms with Gasteiger partial charge in [-0.15, -0.1) is 12.4 Å². The molecular formula is C15H31ClN2O2. The molecule has 0 aromatic carbocycles. The molecule has 20 heavy (non-hydrogen) atoms. The van der Waals surface area contributed by atoms with E-state index in [9.17, 15) is 4.79 Å². The Balaban J connectivity index is 0.00000361. The predicted octanol–water partition coefficient (Wildman–Crippen LogP) is 2.59. The van der Waals surface area contributed by atoms with E-state index < -0.39 is 0 Å². The molecular weight excluding hydrogens is 276 g/mol. The van der Waals surface area contributed by atoms with Crippen LogP contribution >= 0.6 is 12.4 Å². The summed E-state index contributed by atoms with van der Waals surface area (Å²) >= 11 is 0. The predicted molar refractivity (Wildman–Crippen MR) is 85.2 cm³/mol. The molecule has 1 heterocycles. The van der Waals surface area contributed by atoms with Gasteiger partial charge in [-0.2, -0.15) is 0 Å². The number of rotatable bonds is 8. The third-order valence-electron chi connectivity index (χ3n) is 3.64. The third kappa shape index (κ3) is 7.46. The monoisotopic (exact) mass is 306 g/mol. The first-order chi connectivity index (χ1) is 9.15. The molecule has 1 amide bonds. The number of nitrogens with zero attached hydrogens (tertiary/aromatic N) is 1. The van der Waals surface area contributed by atoms with Gasteiger partial charge in [0.15, 0.2) is 0 Å². The molecule has 1 unspecified atom stereocenters. The summed E-state index contributed by atoms with van der Waals surface area (Å²) in [7, 11) is 0. The van der Waals surface area contributed by atoms with Gasteiger partial charge in [-0.1, -0.05) is 26.7 Å². The highest BCUT2D eigenvalue weighted by atomic mass is 35.5. The number of carbonyl (C=O) groups is 1. The lowest BCUT2D eigenvalue weighted by Gasteiger charge is -2.36. The molecule has 120 valence electrons. The van der Waals surface area contributed by atoms with Crippen LogP contribution in [-0.2, 0) is 9.53 Å². The standard InChI is InChI=1S/C15H30N2O2.ClH/c1-13(2)11-14-12-19-10-9-17(14)15(18)7-5-3-4-6-8-16;/h13-14H,3-12,16H2,1-2H3;1H. The minimum absolute atomic E-state index is 0. The number of nitrogens with two attached hydrogens (primary N) is 1. The van der Waals surface area contributed by atoms with Gasteiger partial charge in [0.05, 0.1) is 19.3 Å². The van der Waals surface area contributed by atoms with Gasteiger partial charge >= 0.3 is 0 Å². The number of morpholine rings is 1. The fourth-order valence-electron chi connectivity index (χ4n) is 2.64. The number of carbonyl (C=O) groups excluding carboxylic acids is 1. The molecule has 0 aromatic rings. The zero-order valence-electron chi connectivity index (χ0n) is 13.0. The van der Waals surface area contributed by atoms with E-state index in [0.717, 1.165) is 45.2 Å². The van der Waals surface area contributed by atoms with Crippen LogP contribution in [0.1, 0.15) is 52.4 Å². The van der Waals surface area contributed by atoms with E-state index in [1.807, 2.05) is 4.90 Å². The number of amides is 1. The Kier molecular flexibility index (Phi) is 11.2. The average molecular weight is 307 g/mol. The van der Waals surface area contributed by atoms with E-state index in [0.29, 0.717) is 31.5 Å². The Morgan fingerprint density at radius 1 is 1.30 bits per heavy atom. The molecule has 0 aliphatic carbocycles. The zero-order valence-corrected chi connectivity index (χ0v) is 13.8. The summed E-state index contributed by atoms with van der Waals surface area (Å²) in [6.45, 7) is 7.31. The van der Waals surface area contributed by atoms with Crippen molar-refractivity contribution in [3.63, 3.8) is 0 Å². The van der Waals surface area contributed by atoms with E-state index in [2.05, 4.69) is 13.8 Å². The van der Waals surface area contributed by atoms with Gasteiger partial charge in [0.25, 0.3) is 0 Å². The third-order valence-corrected chi connectivity index (χ3v) is 3.64. The summed E-state index contributed by atoms with van der Waals surface area (Å²) in [5.41, 5.74) is 5.46. The van der Waals surface area contributed by atoms with Crippen LogP contribution in [0.25, 0.3) is 0 Å². The molecule has 1 atom stereocenters. The van der Waals surface area contributed by atoms with Crippen molar-refractivity contribution in [2.45, 2.75) is 58.4 Å². The van der Waals surface area contributed by atoms with Crippen molar-refractivity contribution in [1.82, 2.24) is 4.90 Å². The summed E-state index contributed by atoms with van der Waals surface area (Å²) in [6.07, 6.45) is 6.04. The van der Waals surface area contributed by atoms with Crippen LogP contribution in [0.15, 0.2) is 0 Å². The maximum Gasteiger partial charge on any atom is 0.222 e. The maximum atomic E-state index is 12.3. The molecule has 1 aliphatic rings. The maximum absolute atomic E-state index is 12.3. The normalized spacial score (nSPS) is 19.0. The van der Waals surface area contributed by atoms with Crippen molar-refractivity contribution in [1.29, 1.82) is 0 Å². The first-order valence-corrected chi connectivity index (χ1v) is 7.72. The molecule has 4 nitrogen and oxygen atoms in total. The quantitative estimate of drug-likeness (QED) is 0.701. The highest BCUT2D eigenvalue weighted by Crippen LogP contribution is 2.17. The van der Waals surface area contributed by atoms with Gasteiger partial charge in [0.1, 0.15) is 0 Å². The first-order valence-electron chi connectivity index (χ1n) is 7.72. The highest BCUT2D eigenvalue weighted by molar-refractivity contribution is 5.85. The van der Waals surface area contributed by atoms with Crippen LogP contribution in [0, 0.1) is 5.92 Å². The number of ether oxygens (including phenoxy) is 1. The summed E-state index contributed by atoms with van der Waals surface area (Å²) in [4.78, 5) is 14.3. The summed E-state index contributed by atoms with van der Waals surface area (Å²) in [5.74, 6) is 0.910. The number of unbranched alkanes of at least 4 members (excludes halogenated alkanes) is 3. The Bertz CT molecular complexity index is 262. The molecule has 2 N–H and O–H groups in total. The van der Waals surface area contributed by atoms with Crippen LogP contribution in [0.3, 0.4) is 0 Å². The fraction of sp³-hybridized carbons (Fsp3) is 0.933. The lowest BCUT2D eigenvalue weighted by atomic mass is 10.0. The Morgan fingerprint density at radius 2 is 2.00 bits per heavy atom. The molecule has 1 saturated heterocycles. The topological polar surface area (TPSA) is 55.6 Å². The van der Waals surface area contributed by atoms with Gasteiger partial charge in [-0.25, -0.2) is 0 Å². The van der Waals surface area contributed by atoms with Crippen molar-refractivity contribution in [3.8, 4) is 0 Å². The average Bonchev–Trinajstić information content (AvgIpc) is 2.38. The van der Waals surface area contributed by atoms with Crippen molar-refractivity contribution < 1.29 is 9.53 Å². The van der Waals surface area contributed by atoms with Crippen molar-refractivity contribution in [3.05, 3.63) is 0 Å². The second kappa shape index (κ2) is 11.4. The Morgan fingerprint density at radius 3 is 2.65 bits per heavy atom. The van der Waals surface area contributed by atoms with Crippen molar-refractivity contribution in [2.24, 2.45) is 11.7 Å². The summed E-state index contributed by atoms with van der Waals surface area (Å²) in [5, 5.41) is 0. The second-order valence-corrected chi connectivity index (χ2v) is 5.90. The number of halogens is 1.